The molecular formula is C89H112Ir3N3O7-3. The summed E-state index contributed by atoms with van der Waals surface area (Å²) < 4.78 is 5.25. The Labute approximate surface area is 652 Å². The number of fused-ring (bicyclic) bond motifs is 3. The molecule has 3 aromatic heterocycles. The van der Waals surface area contributed by atoms with Crippen LogP contribution >= 0.6 is 0 Å². The maximum atomic E-state index is 11.5. The van der Waals surface area contributed by atoms with Gasteiger partial charge in [0.15, 0.2) is 17.3 Å². The molecule has 0 bridgehead atoms. The van der Waals surface area contributed by atoms with Crippen molar-refractivity contribution in [3.8, 4) is 39.5 Å². The zero-order chi connectivity index (χ0) is 75.2. The fourth-order valence-corrected chi connectivity index (χ4v) is 8.96. The second-order valence-corrected chi connectivity index (χ2v) is 32.2. The number of aryl methyl sites for hydroxylation is 10. The Kier molecular flexibility index (Phi) is 35.2. The third-order valence-corrected chi connectivity index (χ3v) is 16.6. The van der Waals surface area contributed by atoms with E-state index >= 15 is 0 Å². The molecule has 3 heterocycles. The predicted octanol–water partition coefficient (Wildman–Crippen LogP) is 23.5. The molecule has 13 heteroatoms. The minimum atomic E-state index is -0.417. The summed E-state index contributed by atoms with van der Waals surface area (Å²) in [6.45, 7) is 54.5. The SMILES string of the molecule is CC(C)(C)C(=O)C=C(O)C(C)(C)C.CC(C)(C)C(=O)C=C(O)C(C)(C)C.CC(C)(C)C(=O)C=C(O)C(C)(C)C.COc1cc[c-]c(-c2ccc3cc(C)c(C)cc3n2)c1.Cc1[c-]c(-c2ccc3cc(C)c(C)cc3n2)c(C)cc1.Cc1c[c-]c(-c2ccc3cc(C)c(C)cc3n2)c(C)c1.[Ir].[Ir].[Ir]. The Balaban J connectivity index is 0.000000617. The standard InChI is InChI=1S/2C19H18N.C18H16NO.3C11H20O2.3Ir/c1-12-5-7-17(15(4)9-12)18-8-6-16-10-13(2)14(3)11-19(16)20-18;1-12-5-6-13(2)17(9-12)18-8-7-16-10-14(3)15(4)11-19(16)20-18;1-12-9-15-7-8-17(19-18(15)10-13(12)2)14-5-4-6-16(11-14)20-3;3*1-10(2,3)8(12)7-9(13)11(4,5)6;;;/h5-6,8-11H,1-4H3;5-8,10-11H,1-4H3;4,6-11H,1-3H3;3*7,12H,1-6H3;;;/q3*-1;;;;;;. The van der Waals surface area contributed by atoms with Crippen LogP contribution in [0.4, 0.5) is 0 Å². The Hall–Kier alpha value is -7.07. The van der Waals surface area contributed by atoms with Crippen molar-refractivity contribution in [2.45, 2.75) is 194 Å². The second-order valence-electron chi connectivity index (χ2n) is 32.2. The van der Waals surface area contributed by atoms with Gasteiger partial charge in [-0.3, -0.25) is 29.3 Å². The normalized spacial score (nSPS) is 12.0. The number of aliphatic hydroxyl groups is 3. The third kappa shape index (κ3) is 28.5. The molecule has 9 aromatic rings. The zero-order valence-corrected chi connectivity index (χ0v) is 73.2. The molecular weight excluding hydrogens is 1800 g/mol. The number of pyridine rings is 3. The smallest absolute Gasteiger partial charge is 0.164 e. The van der Waals surface area contributed by atoms with Crippen LogP contribution in [0.15, 0.2) is 151 Å². The molecule has 10 nitrogen and oxygen atoms in total. The average molecular weight is 1910 g/mol. The summed E-state index contributed by atoms with van der Waals surface area (Å²) in [5.41, 5.74) is 19.5. The third-order valence-electron chi connectivity index (χ3n) is 16.6. The van der Waals surface area contributed by atoms with Crippen molar-refractivity contribution in [1.29, 1.82) is 0 Å². The number of nitrogens with zero attached hydrogens (tertiary/aromatic N) is 3. The molecule has 0 spiro atoms. The summed E-state index contributed by atoms with van der Waals surface area (Å²) in [5, 5.41) is 32.2. The quantitative estimate of drug-likeness (QED) is 0.0796. The van der Waals surface area contributed by atoms with Crippen LogP contribution in [0.5, 0.6) is 5.75 Å². The van der Waals surface area contributed by atoms with Gasteiger partial charge in [0.2, 0.25) is 0 Å². The first-order valence-corrected chi connectivity index (χ1v) is 34.0. The van der Waals surface area contributed by atoms with Crippen LogP contribution in [0.25, 0.3) is 66.5 Å². The fourth-order valence-electron chi connectivity index (χ4n) is 8.96. The van der Waals surface area contributed by atoms with Crippen LogP contribution in [0.1, 0.15) is 180 Å². The van der Waals surface area contributed by atoms with Gasteiger partial charge >= 0.3 is 0 Å². The van der Waals surface area contributed by atoms with E-state index in [1.54, 1.807) is 7.11 Å². The van der Waals surface area contributed by atoms with Crippen molar-refractivity contribution in [2.75, 3.05) is 7.11 Å². The van der Waals surface area contributed by atoms with E-state index in [0.717, 1.165) is 61.6 Å². The Bertz CT molecular complexity index is 4340. The van der Waals surface area contributed by atoms with Crippen LogP contribution in [0.2, 0.25) is 0 Å². The summed E-state index contributed by atoms with van der Waals surface area (Å²) in [5.74, 6) is 1.13. The van der Waals surface area contributed by atoms with Crippen LogP contribution in [0.3, 0.4) is 0 Å². The van der Waals surface area contributed by atoms with Crippen LogP contribution < -0.4 is 4.74 Å². The largest absolute Gasteiger partial charge is 0.516 e. The second kappa shape index (κ2) is 38.6. The van der Waals surface area contributed by atoms with E-state index in [9.17, 15) is 29.7 Å². The van der Waals surface area contributed by atoms with Gasteiger partial charge in [0.25, 0.3) is 0 Å². The summed E-state index contributed by atoms with van der Waals surface area (Å²) in [4.78, 5) is 48.8. The van der Waals surface area contributed by atoms with Gasteiger partial charge in [-0.2, -0.15) is 0 Å². The van der Waals surface area contributed by atoms with E-state index < -0.39 is 16.2 Å². The van der Waals surface area contributed by atoms with Crippen LogP contribution in [-0.2, 0) is 74.7 Å². The van der Waals surface area contributed by atoms with Gasteiger partial charge in [-0.1, -0.05) is 189 Å². The van der Waals surface area contributed by atoms with Crippen molar-refractivity contribution in [2.24, 2.45) is 32.5 Å². The summed E-state index contributed by atoms with van der Waals surface area (Å²) in [6.07, 6.45) is 4.00. The number of hydrogen-bond acceptors (Lipinski definition) is 10. The van der Waals surface area contributed by atoms with Gasteiger partial charge in [0.05, 0.1) is 23.7 Å². The molecule has 0 saturated carbocycles. The summed E-state index contributed by atoms with van der Waals surface area (Å²) in [7, 11) is 1.67. The molecule has 6 aromatic carbocycles. The number of allylic oxidation sites excluding steroid dienone is 6. The number of carbonyl (C=O) groups is 3. The van der Waals surface area contributed by atoms with Crippen molar-refractivity contribution >= 4 is 50.1 Å². The molecule has 0 aliphatic rings. The number of carbonyl (C=O) groups excluding carboxylic acids is 3. The molecule has 0 fully saturated rings. The predicted molar refractivity (Wildman–Crippen MR) is 416 cm³/mol. The molecule has 3 N–H and O–H groups in total. The zero-order valence-electron chi connectivity index (χ0n) is 66.0. The maximum absolute atomic E-state index is 11.5. The van der Waals surface area contributed by atoms with Crippen LogP contribution in [0, 0.1) is 120 Å². The van der Waals surface area contributed by atoms with E-state index in [4.69, 9.17) is 19.7 Å². The van der Waals surface area contributed by atoms with Crippen molar-refractivity contribution in [1.82, 2.24) is 15.0 Å². The molecule has 0 aliphatic heterocycles. The molecule has 0 aliphatic carbocycles. The van der Waals surface area contributed by atoms with Gasteiger partial charge in [0, 0.05) is 117 Å². The average Bonchev–Trinajstić information content (AvgIpc) is 0.808. The molecule has 3 radical (unpaired) electrons. The summed E-state index contributed by atoms with van der Waals surface area (Å²) in [6, 6.07) is 49.8. The van der Waals surface area contributed by atoms with Gasteiger partial charge in [-0.25, -0.2) is 0 Å². The molecule has 0 unspecified atom stereocenters. The van der Waals surface area contributed by atoms with E-state index in [0.29, 0.717) is 0 Å². The number of hydrogen-bond donors (Lipinski definition) is 3. The Morgan fingerprint density at radius 2 is 0.706 bits per heavy atom. The van der Waals surface area contributed by atoms with Gasteiger partial charge in [-0.05, 0) is 145 Å². The molecule has 555 valence electrons. The fraction of sp³-hybridized carbons (Fsp3) is 0.393. The number of aliphatic hydroxyl groups excluding tert-OH is 3. The maximum Gasteiger partial charge on any atom is 0.164 e. The first-order valence-electron chi connectivity index (χ1n) is 34.0. The summed E-state index contributed by atoms with van der Waals surface area (Å²) >= 11 is 0. The first kappa shape index (κ1) is 92.9. The van der Waals surface area contributed by atoms with Gasteiger partial charge in [0.1, 0.15) is 17.3 Å². The van der Waals surface area contributed by atoms with E-state index in [1.807, 2.05) is 155 Å². The number of rotatable bonds is 7. The van der Waals surface area contributed by atoms with Gasteiger partial charge < -0.3 is 20.1 Å². The molecule has 102 heavy (non-hydrogen) atoms. The minimum absolute atomic E-state index is 0. The number of benzene rings is 6. The number of ketones is 3. The van der Waals surface area contributed by atoms with Crippen LogP contribution in [-0.4, -0.2) is 54.7 Å². The van der Waals surface area contributed by atoms with Crippen molar-refractivity contribution in [3.05, 3.63) is 225 Å². The van der Waals surface area contributed by atoms with E-state index in [1.165, 1.54) is 84.5 Å². The van der Waals surface area contributed by atoms with Crippen molar-refractivity contribution < 1.29 is 94.8 Å². The molecule has 9 rings (SSSR count). The Morgan fingerprint density at radius 3 is 1.04 bits per heavy atom. The van der Waals surface area contributed by atoms with Gasteiger partial charge in [-0.15, -0.1) is 99.6 Å². The Morgan fingerprint density at radius 1 is 0.373 bits per heavy atom. The number of methoxy groups -OCH3 is 1. The van der Waals surface area contributed by atoms with Crippen molar-refractivity contribution in [3.63, 3.8) is 0 Å². The molecule has 0 atom stereocenters. The molecule has 0 amide bonds. The number of aromatic nitrogens is 3. The van der Waals surface area contributed by atoms with E-state index in [2.05, 4.69) is 172 Å². The minimum Gasteiger partial charge on any atom is -0.516 e. The number of ether oxygens (including phenoxy) is 1. The molecule has 0 saturated heterocycles. The topological polar surface area (TPSA) is 160 Å². The van der Waals surface area contributed by atoms with E-state index in [-0.39, 0.29) is 111 Å². The first-order chi connectivity index (χ1) is 45.4. The monoisotopic (exact) mass is 1910 g/mol.